The minimum absolute atomic E-state index is 0.387. The quantitative estimate of drug-likeness (QED) is 0.740. The van der Waals surface area contributed by atoms with E-state index in [1.807, 2.05) is 6.92 Å². The summed E-state index contributed by atoms with van der Waals surface area (Å²) in [5.74, 6) is -1.57. The number of carbonyl (C=O) groups is 2. The molecule has 1 aromatic carbocycles. The monoisotopic (exact) mass is 360 g/mol. The molecule has 0 radical (unpaired) electrons. The van der Waals surface area contributed by atoms with Crippen molar-refractivity contribution in [1.29, 1.82) is 0 Å². The van der Waals surface area contributed by atoms with Gasteiger partial charge in [0.25, 0.3) is 5.91 Å². The number of aryl methyl sites for hydroxylation is 2. The highest BCUT2D eigenvalue weighted by Crippen LogP contribution is 2.29. The van der Waals surface area contributed by atoms with Gasteiger partial charge in [0, 0.05) is 17.0 Å². The normalized spacial score (nSPS) is 13.2. The predicted molar refractivity (Wildman–Crippen MR) is 93.9 cm³/mol. The molecule has 0 fully saturated rings. The molecule has 0 unspecified atom stereocenters. The second-order valence-electron chi connectivity index (χ2n) is 6.22. The molecule has 0 saturated carbocycles. The maximum absolute atomic E-state index is 12.0. The zero-order valence-corrected chi connectivity index (χ0v) is 15.3. The summed E-state index contributed by atoms with van der Waals surface area (Å²) < 4.78 is 11.0. The first kappa shape index (κ1) is 19.5. The number of nitrogens with one attached hydrogen (secondary N) is 1. The molecule has 0 aliphatic heterocycles. The highest BCUT2D eigenvalue weighted by Gasteiger charge is 2.19. The third-order valence-corrected chi connectivity index (χ3v) is 4.10. The van der Waals surface area contributed by atoms with Gasteiger partial charge in [-0.3, -0.25) is 4.79 Å². The Morgan fingerprint density at radius 2 is 2.00 bits per heavy atom. The van der Waals surface area contributed by atoms with Crippen molar-refractivity contribution in [1.82, 2.24) is 5.32 Å². The number of hydrogen-bond donors (Lipinski definition) is 1. The number of rotatable bonds is 7. The highest BCUT2D eigenvalue weighted by molar-refractivity contribution is 5.87. The number of ether oxygens (including phenoxy) is 1. The molecule has 140 valence electrons. The van der Waals surface area contributed by atoms with Gasteiger partial charge >= 0.3 is 5.63 Å². The van der Waals surface area contributed by atoms with Crippen LogP contribution < -0.4 is 20.8 Å². The largest absolute Gasteiger partial charge is 0.548 e. The standard InChI is InChI=1S/C19H23NO6/c1-5-6-13-9-16(21)26-17-10(2)15(8-7-14(13)17)25-12(4)18(22)20-11(3)19(23)24/h7-9,11-12H,5-6H2,1-4H3,(H,20,22)(H,23,24)/p-1/t11-,12-/m0/s1. The van der Waals surface area contributed by atoms with E-state index in [2.05, 4.69) is 5.32 Å². The average Bonchev–Trinajstić information content (AvgIpc) is 2.57. The van der Waals surface area contributed by atoms with Crippen LogP contribution in [0.15, 0.2) is 27.4 Å². The van der Waals surface area contributed by atoms with Crippen LogP contribution in [0.5, 0.6) is 5.75 Å². The molecule has 2 atom stereocenters. The minimum Gasteiger partial charge on any atom is -0.548 e. The predicted octanol–water partition coefficient (Wildman–Crippen LogP) is 1.08. The van der Waals surface area contributed by atoms with Crippen LogP contribution in [-0.4, -0.2) is 24.0 Å². The molecule has 0 bridgehead atoms. The van der Waals surface area contributed by atoms with E-state index in [9.17, 15) is 19.5 Å². The topological polar surface area (TPSA) is 109 Å². The maximum atomic E-state index is 12.0. The zero-order chi connectivity index (χ0) is 19.4. The molecular formula is C19H22NO6-. The van der Waals surface area contributed by atoms with Crippen LogP contribution in [0, 0.1) is 6.92 Å². The van der Waals surface area contributed by atoms with E-state index in [4.69, 9.17) is 9.15 Å². The van der Waals surface area contributed by atoms with Gasteiger partial charge in [-0.1, -0.05) is 13.3 Å². The summed E-state index contributed by atoms with van der Waals surface area (Å²) in [5, 5.41) is 13.8. The second kappa shape index (κ2) is 8.03. The van der Waals surface area contributed by atoms with E-state index in [1.54, 1.807) is 19.1 Å². The van der Waals surface area contributed by atoms with Gasteiger partial charge in [-0.05, 0) is 44.9 Å². The molecular weight excluding hydrogens is 338 g/mol. The van der Waals surface area contributed by atoms with Crippen molar-refractivity contribution in [3.63, 3.8) is 0 Å². The summed E-state index contributed by atoms with van der Waals surface area (Å²) in [6.07, 6.45) is 0.712. The van der Waals surface area contributed by atoms with Gasteiger partial charge in [0.2, 0.25) is 0 Å². The van der Waals surface area contributed by atoms with Crippen LogP contribution in [0.3, 0.4) is 0 Å². The Labute approximate surface area is 151 Å². The lowest BCUT2D eigenvalue weighted by atomic mass is 10.0. The van der Waals surface area contributed by atoms with Crippen molar-refractivity contribution >= 4 is 22.8 Å². The van der Waals surface area contributed by atoms with E-state index in [0.717, 1.165) is 23.8 Å². The van der Waals surface area contributed by atoms with Gasteiger partial charge in [-0.25, -0.2) is 4.79 Å². The lowest BCUT2D eigenvalue weighted by Crippen LogP contribution is -2.49. The smallest absolute Gasteiger partial charge is 0.336 e. The number of hydrogen-bond acceptors (Lipinski definition) is 6. The number of fused-ring (bicyclic) bond motifs is 1. The van der Waals surface area contributed by atoms with E-state index in [1.165, 1.54) is 19.9 Å². The molecule has 0 aliphatic rings. The fraction of sp³-hybridized carbons (Fsp3) is 0.421. The summed E-state index contributed by atoms with van der Waals surface area (Å²) in [7, 11) is 0. The first-order chi connectivity index (χ1) is 12.2. The van der Waals surface area contributed by atoms with Crippen LogP contribution in [0.25, 0.3) is 11.0 Å². The summed E-state index contributed by atoms with van der Waals surface area (Å²) in [5.41, 5.74) is 1.50. The summed E-state index contributed by atoms with van der Waals surface area (Å²) in [6.45, 7) is 6.58. The lowest BCUT2D eigenvalue weighted by molar-refractivity contribution is -0.307. The first-order valence-corrected chi connectivity index (χ1v) is 8.48. The van der Waals surface area contributed by atoms with Crippen LogP contribution in [0.4, 0.5) is 0 Å². The van der Waals surface area contributed by atoms with Gasteiger partial charge in [0.05, 0.1) is 12.0 Å². The number of amides is 1. The summed E-state index contributed by atoms with van der Waals surface area (Å²) >= 11 is 0. The Hall–Kier alpha value is -2.83. The third-order valence-electron chi connectivity index (χ3n) is 4.10. The molecule has 0 saturated heterocycles. The van der Waals surface area contributed by atoms with Crippen molar-refractivity contribution in [2.24, 2.45) is 0 Å². The van der Waals surface area contributed by atoms with Gasteiger partial charge < -0.3 is 24.4 Å². The minimum atomic E-state index is -1.38. The van der Waals surface area contributed by atoms with Gasteiger partial charge in [0.1, 0.15) is 11.3 Å². The van der Waals surface area contributed by atoms with Crippen molar-refractivity contribution in [3.05, 3.63) is 39.7 Å². The van der Waals surface area contributed by atoms with E-state index >= 15 is 0 Å². The molecule has 2 aromatic rings. The zero-order valence-electron chi connectivity index (χ0n) is 15.3. The molecule has 2 rings (SSSR count). The number of benzene rings is 1. The molecule has 7 heteroatoms. The van der Waals surface area contributed by atoms with Crippen LogP contribution in [0.1, 0.15) is 38.3 Å². The third kappa shape index (κ3) is 4.22. The Balaban J connectivity index is 2.30. The van der Waals surface area contributed by atoms with Crippen molar-refractivity contribution in [3.8, 4) is 5.75 Å². The number of aliphatic carboxylic acids is 1. The Bertz CT molecular complexity index is 885. The van der Waals surface area contributed by atoms with E-state index in [0.29, 0.717) is 16.9 Å². The Morgan fingerprint density at radius 1 is 1.31 bits per heavy atom. The van der Waals surface area contributed by atoms with Gasteiger partial charge in [-0.15, -0.1) is 0 Å². The van der Waals surface area contributed by atoms with Crippen LogP contribution in [-0.2, 0) is 16.0 Å². The first-order valence-electron chi connectivity index (χ1n) is 8.48. The number of carboxylic acid groups (broad SMARTS) is 1. The SMILES string of the molecule is CCCc1cc(=O)oc2c(C)c(O[C@@H](C)C(=O)N[C@@H](C)C(=O)[O-])ccc12. The van der Waals surface area contributed by atoms with Crippen molar-refractivity contribution in [2.75, 3.05) is 0 Å². The van der Waals surface area contributed by atoms with Gasteiger partial charge in [0.15, 0.2) is 6.10 Å². The number of carbonyl (C=O) groups excluding carboxylic acids is 2. The molecule has 26 heavy (non-hydrogen) atoms. The highest BCUT2D eigenvalue weighted by atomic mass is 16.5. The van der Waals surface area contributed by atoms with Crippen molar-refractivity contribution < 1.29 is 23.8 Å². The average molecular weight is 360 g/mol. The van der Waals surface area contributed by atoms with Crippen molar-refractivity contribution in [2.45, 2.75) is 52.7 Å². The van der Waals surface area contributed by atoms with Crippen LogP contribution >= 0.6 is 0 Å². The van der Waals surface area contributed by atoms with E-state index < -0.39 is 29.6 Å². The fourth-order valence-electron chi connectivity index (χ4n) is 2.65. The number of carboxylic acids is 1. The fourth-order valence-corrected chi connectivity index (χ4v) is 2.65. The molecule has 1 N–H and O–H groups in total. The van der Waals surface area contributed by atoms with Crippen LogP contribution in [0.2, 0.25) is 0 Å². The molecule has 7 nitrogen and oxygen atoms in total. The lowest BCUT2D eigenvalue weighted by Gasteiger charge is -2.20. The Kier molecular flexibility index (Phi) is 6.02. The molecule has 1 heterocycles. The Morgan fingerprint density at radius 3 is 2.62 bits per heavy atom. The van der Waals surface area contributed by atoms with E-state index in [-0.39, 0.29) is 0 Å². The molecule has 0 aliphatic carbocycles. The second-order valence-corrected chi connectivity index (χ2v) is 6.22. The van der Waals surface area contributed by atoms with Gasteiger partial charge in [-0.2, -0.15) is 0 Å². The molecule has 0 spiro atoms. The summed E-state index contributed by atoms with van der Waals surface area (Å²) in [4.78, 5) is 34.6. The maximum Gasteiger partial charge on any atom is 0.336 e. The molecule has 1 aromatic heterocycles. The summed E-state index contributed by atoms with van der Waals surface area (Å²) in [6, 6.07) is 3.87. The molecule has 1 amide bonds.